The lowest BCUT2D eigenvalue weighted by atomic mass is 10.1. The Kier molecular flexibility index (Phi) is 6.30. The third-order valence-electron chi connectivity index (χ3n) is 4.53. The van der Waals surface area contributed by atoms with E-state index in [1.54, 1.807) is 6.21 Å². The Bertz CT molecular complexity index is 1110. The Hall–Kier alpha value is -2.90. The Labute approximate surface area is 184 Å². The first-order valence-electron chi connectivity index (χ1n) is 9.55. The molecule has 1 aliphatic heterocycles. The number of ether oxygens (including phenoxy) is 2. The van der Waals surface area contributed by atoms with Crippen molar-refractivity contribution in [2.45, 2.75) is 13.5 Å². The van der Waals surface area contributed by atoms with E-state index in [1.165, 1.54) is 27.5 Å². The largest absolute Gasteiger partial charge is 0.490 e. The Morgan fingerprint density at radius 3 is 2.67 bits per heavy atom. The third-order valence-corrected chi connectivity index (χ3v) is 5.86. The van der Waals surface area contributed by atoms with Crippen molar-refractivity contribution in [2.24, 2.45) is 5.10 Å². The molecule has 0 aliphatic carbocycles. The average molecular weight is 437 g/mol. The van der Waals surface area contributed by atoms with Gasteiger partial charge in [0.2, 0.25) is 0 Å². The van der Waals surface area contributed by atoms with Crippen molar-refractivity contribution in [1.29, 1.82) is 0 Å². The van der Waals surface area contributed by atoms with Gasteiger partial charge in [-0.15, -0.1) is 0 Å². The number of thioether (sulfide) groups is 1. The number of thiocarbonyl (C=S) groups is 1. The molecule has 0 aromatic heterocycles. The summed E-state index contributed by atoms with van der Waals surface area (Å²) < 4.78 is 12.3. The SMILES string of the molecule is CCOc1cc(/C=N/N2C(=O)CSC2=S)ccc1OCc1ccc2ccccc2c1. The lowest BCUT2D eigenvalue weighted by molar-refractivity contribution is -0.123. The van der Waals surface area contributed by atoms with Gasteiger partial charge in [-0.1, -0.05) is 60.4 Å². The number of hydrogen-bond donors (Lipinski definition) is 0. The van der Waals surface area contributed by atoms with Crippen LogP contribution < -0.4 is 9.47 Å². The second kappa shape index (κ2) is 9.28. The van der Waals surface area contributed by atoms with Gasteiger partial charge in [-0.2, -0.15) is 10.1 Å². The van der Waals surface area contributed by atoms with Gasteiger partial charge >= 0.3 is 0 Å². The highest BCUT2D eigenvalue weighted by atomic mass is 32.2. The summed E-state index contributed by atoms with van der Waals surface area (Å²) in [6.07, 6.45) is 1.60. The van der Waals surface area contributed by atoms with Gasteiger partial charge in [-0.3, -0.25) is 4.79 Å². The zero-order chi connectivity index (χ0) is 20.9. The first-order chi connectivity index (χ1) is 14.6. The topological polar surface area (TPSA) is 51.1 Å². The van der Waals surface area contributed by atoms with Gasteiger partial charge in [0, 0.05) is 0 Å². The maximum Gasteiger partial charge on any atom is 0.259 e. The van der Waals surface area contributed by atoms with Crippen LogP contribution in [-0.2, 0) is 11.4 Å². The molecule has 30 heavy (non-hydrogen) atoms. The molecule has 1 aliphatic rings. The number of hydrazone groups is 1. The second-order valence-corrected chi connectivity index (χ2v) is 8.22. The van der Waals surface area contributed by atoms with Crippen molar-refractivity contribution >= 4 is 51.2 Å². The first kappa shape index (κ1) is 20.4. The molecule has 0 spiro atoms. The molecular formula is C23H20N2O3S2. The van der Waals surface area contributed by atoms with Crippen LogP contribution in [0, 0.1) is 0 Å². The Morgan fingerprint density at radius 1 is 1.07 bits per heavy atom. The van der Waals surface area contributed by atoms with Crippen molar-refractivity contribution in [2.75, 3.05) is 12.4 Å². The molecule has 152 valence electrons. The average Bonchev–Trinajstić information content (AvgIpc) is 3.09. The minimum Gasteiger partial charge on any atom is -0.490 e. The summed E-state index contributed by atoms with van der Waals surface area (Å²) in [6, 6.07) is 20.1. The molecule has 1 fully saturated rings. The van der Waals surface area contributed by atoms with E-state index in [0.29, 0.717) is 34.8 Å². The van der Waals surface area contributed by atoms with E-state index >= 15 is 0 Å². The van der Waals surface area contributed by atoms with Gasteiger partial charge in [0.1, 0.15) is 6.61 Å². The van der Waals surface area contributed by atoms with Gasteiger partial charge in [0.25, 0.3) is 5.91 Å². The van der Waals surface area contributed by atoms with Gasteiger partial charge < -0.3 is 9.47 Å². The van der Waals surface area contributed by atoms with E-state index < -0.39 is 0 Å². The summed E-state index contributed by atoms with van der Waals surface area (Å²) in [4.78, 5) is 11.8. The number of benzene rings is 3. The van der Waals surface area contributed by atoms with Crippen LogP contribution >= 0.6 is 24.0 Å². The summed E-state index contributed by atoms with van der Waals surface area (Å²) >= 11 is 6.46. The summed E-state index contributed by atoms with van der Waals surface area (Å²) in [5.74, 6) is 1.51. The molecule has 7 heteroatoms. The monoisotopic (exact) mass is 436 g/mol. The van der Waals surface area contributed by atoms with Gasteiger partial charge in [-0.25, -0.2) is 0 Å². The number of fused-ring (bicyclic) bond motifs is 1. The Morgan fingerprint density at radius 2 is 1.90 bits per heavy atom. The molecule has 0 saturated carbocycles. The smallest absolute Gasteiger partial charge is 0.259 e. The molecule has 1 saturated heterocycles. The maximum atomic E-state index is 11.8. The van der Waals surface area contributed by atoms with E-state index in [1.807, 2.05) is 37.3 Å². The number of nitrogens with zero attached hydrogens (tertiary/aromatic N) is 2. The van der Waals surface area contributed by atoms with E-state index in [9.17, 15) is 4.79 Å². The highest BCUT2D eigenvalue weighted by molar-refractivity contribution is 8.23. The molecule has 3 aromatic carbocycles. The second-order valence-electron chi connectivity index (χ2n) is 6.61. The minimum atomic E-state index is -0.110. The van der Waals surface area contributed by atoms with Crippen molar-refractivity contribution in [3.05, 3.63) is 71.8 Å². The van der Waals surface area contributed by atoms with Crippen LogP contribution in [0.2, 0.25) is 0 Å². The fourth-order valence-electron chi connectivity index (χ4n) is 3.07. The zero-order valence-corrected chi connectivity index (χ0v) is 18.0. The van der Waals surface area contributed by atoms with Crippen LogP contribution in [-0.4, -0.2) is 33.8 Å². The molecule has 1 heterocycles. The molecule has 4 rings (SSSR count). The predicted octanol–water partition coefficient (Wildman–Crippen LogP) is 5.01. The molecular weight excluding hydrogens is 416 g/mol. The summed E-state index contributed by atoms with van der Waals surface area (Å²) in [6.45, 7) is 2.87. The minimum absolute atomic E-state index is 0.110. The lowest BCUT2D eigenvalue weighted by Gasteiger charge is -2.13. The van der Waals surface area contributed by atoms with Crippen molar-refractivity contribution in [1.82, 2.24) is 5.01 Å². The van der Waals surface area contributed by atoms with Crippen molar-refractivity contribution in [3.8, 4) is 11.5 Å². The summed E-state index contributed by atoms with van der Waals surface area (Å²) in [5, 5.41) is 7.85. The highest BCUT2D eigenvalue weighted by Gasteiger charge is 2.25. The van der Waals surface area contributed by atoms with E-state index in [0.717, 1.165) is 11.1 Å². The lowest BCUT2D eigenvalue weighted by Crippen LogP contribution is -2.22. The van der Waals surface area contributed by atoms with Crippen molar-refractivity contribution < 1.29 is 14.3 Å². The number of rotatable bonds is 7. The highest BCUT2D eigenvalue weighted by Crippen LogP contribution is 2.29. The standard InChI is InChI=1S/C23H20N2O3S2/c1-2-27-21-12-16(13-24-25-22(26)15-30-23(25)29)8-10-20(21)28-14-17-7-9-18-5-3-4-6-19(18)11-17/h3-13H,2,14-15H2,1H3/b24-13+. The molecule has 0 bridgehead atoms. The molecule has 0 N–H and O–H groups in total. The normalized spacial score (nSPS) is 14.1. The number of amides is 1. The van der Waals surface area contributed by atoms with E-state index in [-0.39, 0.29) is 5.91 Å². The van der Waals surface area contributed by atoms with Gasteiger partial charge in [0.15, 0.2) is 15.8 Å². The predicted molar refractivity (Wildman–Crippen MR) is 125 cm³/mol. The molecule has 5 nitrogen and oxygen atoms in total. The summed E-state index contributed by atoms with van der Waals surface area (Å²) in [7, 11) is 0. The fraction of sp³-hybridized carbons (Fsp3) is 0.174. The summed E-state index contributed by atoms with van der Waals surface area (Å²) in [5.41, 5.74) is 1.88. The van der Waals surface area contributed by atoms with Gasteiger partial charge in [-0.05, 0) is 53.1 Å². The van der Waals surface area contributed by atoms with Gasteiger partial charge in [0.05, 0.1) is 18.6 Å². The van der Waals surface area contributed by atoms with Crippen molar-refractivity contribution in [3.63, 3.8) is 0 Å². The van der Waals surface area contributed by atoms with Crippen LogP contribution in [0.15, 0.2) is 65.8 Å². The molecule has 0 atom stereocenters. The van der Waals surface area contributed by atoms with E-state index in [2.05, 4.69) is 35.4 Å². The number of carbonyl (C=O) groups excluding carboxylic acids is 1. The number of carbonyl (C=O) groups is 1. The molecule has 1 amide bonds. The maximum absolute atomic E-state index is 11.8. The van der Waals surface area contributed by atoms with Crippen LogP contribution in [0.25, 0.3) is 10.8 Å². The quantitative estimate of drug-likeness (QED) is 0.385. The number of hydrogen-bond acceptors (Lipinski definition) is 6. The van der Waals surface area contributed by atoms with Crippen LogP contribution in [0.1, 0.15) is 18.1 Å². The zero-order valence-electron chi connectivity index (χ0n) is 16.4. The van der Waals surface area contributed by atoms with Crippen LogP contribution in [0.4, 0.5) is 0 Å². The molecule has 3 aromatic rings. The van der Waals surface area contributed by atoms with Crippen LogP contribution in [0.3, 0.4) is 0 Å². The molecule has 0 unspecified atom stereocenters. The first-order valence-corrected chi connectivity index (χ1v) is 10.9. The molecule has 0 radical (unpaired) electrons. The van der Waals surface area contributed by atoms with Crippen LogP contribution in [0.5, 0.6) is 11.5 Å². The van der Waals surface area contributed by atoms with E-state index in [4.69, 9.17) is 21.7 Å². The third kappa shape index (κ3) is 4.63. The Balaban J connectivity index is 1.49. The fourth-order valence-corrected chi connectivity index (χ4v) is 4.03.